The lowest BCUT2D eigenvalue weighted by Crippen LogP contribution is -2.59. The van der Waals surface area contributed by atoms with Gasteiger partial charge in [-0.1, -0.05) is 48.0 Å². The smallest absolute Gasteiger partial charge is 0.410 e. The van der Waals surface area contributed by atoms with Gasteiger partial charge in [0.15, 0.2) is 11.8 Å². The van der Waals surface area contributed by atoms with E-state index < -0.39 is 100 Å². The molecule has 18 heteroatoms. The molecule has 1 aromatic heterocycles. The molecule has 0 aliphatic heterocycles. The van der Waals surface area contributed by atoms with Crippen molar-refractivity contribution >= 4 is 41.2 Å². The second-order valence-electron chi connectivity index (χ2n) is 14.6. The quantitative estimate of drug-likeness (QED) is 0.0666. The topological polar surface area (TPSA) is 144 Å². The molecular formula is C36H49F5N4O8S. The van der Waals surface area contributed by atoms with Gasteiger partial charge in [-0.05, 0) is 38.5 Å². The van der Waals surface area contributed by atoms with Gasteiger partial charge >= 0.3 is 18.0 Å². The number of nitrogens with one attached hydrogen (secondary N) is 1. The molecule has 2 rings (SSSR count). The van der Waals surface area contributed by atoms with Gasteiger partial charge in [-0.15, -0.1) is 11.3 Å². The molecule has 0 spiro atoms. The van der Waals surface area contributed by atoms with E-state index >= 15 is 0 Å². The van der Waals surface area contributed by atoms with Crippen LogP contribution in [-0.2, 0) is 23.9 Å². The van der Waals surface area contributed by atoms with Gasteiger partial charge in [0.25, 0.3) is 0 Å². The normalized spacial score (nSPS) is 14.5. The van der Waals surface area contributed by atoms with Crippen molar-refractivity contribution in [3.05, 3.63) is 45.2 Å². The van der Waals surface area contributed by atoms with Gasteiger partial charge in [0, 0.05) is 38.9 Å². The van der Waals surface area contributed by atoms with Crippen molar-refractivity contribution in [2.24, 2.45) is 17.8 Å². The second kappa shape index (κ2) is 18.8. The number of carbonyl (C=O) groups is 5. The van der Waals surface area contributed by atoms with Gasteiger partial charge in [0.1, 0.15) is 22.7 Å². The zero-order valence-electron chi connectivity index (χ0n) is 32.4. The Morgan fingerprint density at radius 1 is 0.870 bits per heavy atom. The fourth-order valence-electron chi connectivity index (χ4n) is 5.52. The number of hydrogen-bond donors (Lipinski definition) is 1. The predicted molar refractivity (Wildman–Crippen MR) is 188 cm³/mol. The van der Waals surface area contributed by atoms with E-state index in [1.54, 1.807) is 55.4 Å². The molecule has 0 aliphatic rings. The SMILES string of the molecule is CC[C@H](C)[C@H](NC(=O)[C@H](C(C)C)N(C)C(=O)OC(C)(C)C)C(=O)N(C)[C@H](C[C@@H](OC(C)=O)c1nc(C(=O)Oc2c(F)c(F)c(F)c(F)c2F)cs1)C(C)C. The lowest BCUT2D eigenvalue weighted by Gasteiger charge is -2.38. The number of amides is 3. The molecule has 0 saturated heterocycles. The molecule has 5 atom stereocenters. The summed E-state index contributed by atoms with van der Waals surface area (Å²) in [6.45, 7) is 16.9. The van der Waals surface area contributed by atoms with E-state index in [1.807, 2.05) is 6.92 Å². The molecule has 0 fully saturated rings. The fraction of sp³-hybridized carbons (Fsp3) is 0.611. The third kappa shape index (κ3) is 11.3. The number of rotatable bonds is 15. The Kier molecular flexibility index (Phi) is 15.9. The van der Waals surface area contributed by atoms with Crippen molar-refractivity contribution in [2.45, 2.75) is 112 Å². The molecule has 0 radical (unpaired) electrons. The molecule has 2 aromatic rings. The van der Waals surface area contributed by atoms with Crippen molar-refractivity contribution in [1.82, 2.24) is 20.1 Å². The van der Waals surface area contributed by atoms with Gasteiger partial charge in [-0.2, -0.15) is 8.78 Å². The number of benzene rings is 1. The maximum Gasteiger partial charge on any atom is 0.410 e. The largest absolute Gasteiger partial charge is 0.455 e. The molecule has 1 aromatic carbocycles. The molecule has 1 heterocycles. The zero-order chi connectivity index (χ0) is 41.6. The maximum absolute atomic E-state index is 14.2. The first kappa shape index (κ1) is 45.8. The number of esters is 2. The standard InChI is InChI=1S/C36H49F5N4O8S/c1-13-18(6)28(43-31(47)29(17(4)5)45(12)35(50)53-36(8,9)10)33(48)44(11)21(16(2)3)14-22(51-19(7)46)32-42-20(15-54-32)34(49)52-30-26(40)24(38)23(37)25(39)27(30)41/h15-18,21-22,28-29H,13-14H2,1-12H3,(H,43,47)/t18-,21+,22+,28-,29-/m0/s1. The minimum absolute atomic E-state index is 0.00204. The van der Waals surface area contributed by atoms with Crippen molar-refractivity contribution < 1.29 is 60.1 Å². The summed E-state index contributed by atoms with van der Waals surface area (Å²) in [6.07, 6.45) is -1.48. The van der Waals surface area contributed by atoms with Gasteiger partial charge in [-0.25, -0.2) is 27.7 Å². The Bertz CT molecular complexity index is 1670. The van der Waals surface area contributed by atoms with E-state index in [1.165, 1.54) is 23.9 Å². The number of likely N-dealkylation sites (N-methyl/N-ethyl adjacent to an activating group) is 2. The van der Waals surface area contributed by atoms with Crippen LogP contribution in [0.5, 0.6) is 5.75 Å². The third-order valence-electron chi connectivity index (χ3n) is 8.52. The number of nitrogens with zero attached hydrogens (tertiary/aromatic N) is 3. The molecule has 54 heavy (non-hydrogen) atoms. The van der Waals surface area contributed by atoms with Crippen molar-refractivity contribution in [2.75, 3.05) is 14.1 Å². The van der Waals surface area contributed by atoms with Crippen LogP contribution in [0.25, 0.3) is 0 Å². The average molecular weight is 793 g/mol. The number of thiazole rings is 1. The highest BCUT2D eigenvalue weighted by Gasteiger charge is 2.39. The van der Waals surface area contributed by atoms with Gasteiger partial charge in [-0.3, -0.25) is 19.3 Å². The molecule has 3 amide bonds. The van der Waals surface area contributed by atoms with Crippen molar-refractivity contribution in [3.63, 3.8) is 0 Å². The molecular weight excluding hydrogens is 743 g/mol. The zero-order valence-corrected chi connectivity index (χ0v) is 33.3. The molecule has 0 aliphatic carbocycles. The van der Waals surface area contributed by atoms with Gasteiger partial charge < -0.3 is 24.4 Å². The second-order valence-corrected chi connectivity index (χ2v) is 15.5. The van der Waals surface area contributed by atoms with E-state index in [4.69, 9.17) is 9.47 Å². The molecule has 0 saturated carbocycles. The molecule has 1 N–H and O–H groups in total. The fourth-order valence-corrected chi connectivity index (χ4v) is 6.35. The number of carbonyl (C=O) groups excluding carboxylic acids is 5. The Morgan fingerprint density at radius 3 is 1.87 bits per heavy atom. The van der Waals surface area contributed by atoms with Crippen LogP contribution < -0.4 is 10.1 Å². The first-order chi connectivity index (χ1) is 24.8. The van der Waals surface area contributed by atoms with E-state index in [2.05, 4.69) is 15.0 Å². The Labute approximate surface area is 315 Å². The first-order valence-corrected chi connectivity index (χ1v) is 18.1. The Hall–Kier alpha value is -4.35. The van der Waals surface area contributed by atoms with Crippen LogP contribution in [0.4, 0.5) is 26.7 Å². The maximum atomic E-state index is 14.2. The summed E-state index contributed by atoms with van der Waals surface area (Å²) in [6, 6.07) is -2.71. The number of halogens is 5. The van der Waals surface area contributed by atoms with E-state index in [0.717, 1.165) is 23.6 Å². The average Bonchev–Trinajstić information content (AvgIpc) is 3.57. The summed E-state index contributed by atoms with van der Waals surface area (Å²) in [5.74, 6) is -18.0. The molecule has 302 valence electrons. The van der Waals surface area contributed by atoms with Crippen LogP contribution in [0.15, 0.2) is 5.38 Å². The number of aromatic nitrogens is 1. The molecule has 12 nitrogen and oxygen atoms in total. The van der Waals surface area contributed by atoms with Crippen LogP contribution in [-0.4, -0.2) is 82.5 Å². The van der Waals surface area contributed by atoms with Crippen LogP contribution in [0.1, 0.15) is 104 Å². The summed E-state index contributed by atoms with van der Waals surface area (Å²) >= 11 is 0.779. The minimum atomic E-state index is -2.43. The first-order valence-electron chi connectivity index (χ1n) is 17.2. The molecule has 0 bridgehead atoms. The lowest BCUT2D eigenvalue weighted by molar-refractivity contribution is -0.149. The summed E-state index contributed by atoms with van der Waals surface area (Å²) in [5, 5.41) is 3.92. The Balaban J connectivity index is 2.41. The van der Waals surface area contributed by atoms with Gasteiger partial charge in [0.05, 0.1) is 0 Å². The van der Waals surface area contributed by atoms with Crippen LogP contribution in [0, 0.1) is 46.8 Å². The summed E-state index contributed by atoms with van der Waals surface area (Å²) in [5.41, 5.74) is -1.40. The third-order valence-corrected chi connectivity index (χ3v) is 9.46. The van der Waals surface area contributed by atoms with Crippen LogP contribution in [0.2, 0.25) is 0 Å². The van der Waals surface area contributed by atoms with Crippen molar-refractivity contribution in [3.8, 4) is 5.75 Å². The predicted octanol–water partition coefficient (Wildman–Crippen LogP) is 6.96. The number of hydrogen-bond acceptors (Lipinski definition) is 10. The highest BCUT2D eigenvalue weighted by Crippen LogP contribution is 2.33. The van der Waals surface area contributed by atoms with Crippen LogP contribution in [0.3, 0.4) is 0 Å². The van der Waals surface area contributed by atoms with Gasteiger partial charge in [0.2, 0.25) is 46.6 Å². The summed E-state index contributed by atoms with van der Waals surface area (Å²) < 4.78 is 84.6. The van der Waals surface area contributed by atoms with E-state index in [-0.39, 0.29) is 29.2 Å². The Morgan fingerprint density at radius 2 is 1.41 bits per heavy atom. The number of ether oxygens (including phenoxy) is 3. The van der Waals surface area contributed by atoms with Crippen LogP contribution >= 0.6 is 11.3 Å². The monoisotopic (exact) mass is 792 g/mol. The van der Waals surface area contributed by atoms with E-state index in [0.29, 0.717) is 6.42 Å². The minimum Gasteiger partial charge on any atom is -0.455 e. The lowest BCUT2D eigenvalue weighted by atomic mass is 9.92. The molecule has 0 unspecified atom stereocenters. The summed E-state index contributed by atoms with van der Waals surface area (Å²) in [7, 11) is 2.96. The van der Waals surface area contributed by atoms with Crippen molar-refractivity contribution in [1.29, 1.82) is 0 Å². The highest BCUT2D eigenvalue weighted by molar-refractivity contribution is 7.09. The summed E-state index contributed by atoms with van der Waals surface area (Å²) in [4.78, 5) is 72.5. The van der Waals surface area contributed by atoms with E-state index in [9.17, 15) is 45.9 Å². The highest BCUT2D eigenvalue weighted by atomic mass is 32.1.